The molecule has 3 heteroatoms. The van der Waals surface area contributed by atoms with E-state index in [-0.39, 0.29) is 0 Å². The SMILES string of the molecule is CCNC(=NCC(C)c1cccc(C)c1)N(C)C. The van der Waals surface area contributed by atoms with Gasteiger partial charge >= 0.3 is 0 Å². The number of guanidine groups is 1. The number of aliphatic imine (C=N–C) groups is 1. The molecule has 1 rings (SSSR count). The number of hydrogen-bond acceptors (Lipinski definition) is 1. The Kier molecular flexibility index (Phi) is 5.69. The number of hydrogen-bond donors (Lipinski definition) is 1. The van der Waals surface area contributed by atoms with Gasteiger partial charge in [-0.05, 0) is 19.4 Å². The van der Waals surface area contributed by atoms with Crippen molar-refractivity contribution in [1.82, 2.24) is 10.2 Å². The van der Waals surface area contributed by atoms with Crippen molar-refractivity contribution in [3.63, 3.8) is 0 Å². The van der Waals surface area contributed by atoms with Crippen LogP contribution in [0.4, 0.5) is 0 Å². The molecule has 0 amide bonds. The minimum absolute atomic E-state index is 0.443. The third-order valence-electron chi connectivity index (χ3n) is 2.88. The molecule has 1 aromatic carbocycles. The predicted molar refractivity (Wildman–Crippen MR) is 79.3 cm³/mol. The van der Waals surface area contributed by atoms with Crippen LogP contribution in [0.2, 0.25) is 0 Å². The van der Waals surface area contributed by atoms with Gasteiger partial charge in [-0.15, -0.1) is 0 Å². The van der Waals surface area contributed by atoms with Crippen molar-refractivity contribution in [3.8, 4) is 0 Å². The van der Waals surface area contributed by atoms with E-state index in [1.54, 1.807) is 0 Å². The summed E-state index contributed by atoms with van der Waals surface area (Å²) < 4.78 is 0. The van der Waals surface area contributed by atoms with Crippen LogP contribution in [-0.4, -0.2) is 38.0 Å². The molecule has 100 valence electrons. The van der Waals surface area contributed by atoms with Gasteiger partial charge in [0.2, 0.25) is 0 Å². The molecule has 0 spiro atoms. The Hall–Kier alpha value is -1.51. The zero-order valence-corrected chi connectivity index (χ0v) is 12.2. The molecule has 1 aromatic rings. The molecule has 1 N–H and O–H groups in total. The van der Waals surface area contributed by atoms with Crippen molar-refractivity contribution in [1.29, 1.82) is 0 Å². The van der Waals surface area contributed by atoms with Crippen molar-refractivity contribution in [2.45, 2.75) is 26.7 Å². The highest BCUT2D eigenvalue weighted by atomic mass is 15.3. The molecule has 0 saturated heterocycles. The van der Waals surface area contributed by atoms with Gasteiger partial charge in [0.05, 0.1) is 0 Å². The summed E-state index contributed by atoms with van der Waals surface area (Å²) in [6.45, 7) is 8.14. The monoisotopic (exact) mass is 247 g/mol. The molecular formula is C15H25N3. The van der Waals surface area contributed by atoms with Crippen molar-refractivity contribution in [3.05, 3.63) is 35.4 Å². The lowest BCUT2D eigenvalue weighted by Gasteiger charge is -2.18. The largest absolute Gasteiger partial charge is 0.357 e. The van der Waals surface area contributed by atoms with Gasteiger partial charge in [0.25, 0.3) is 0 Å². The van der Waals surface area contributed by atoms with Crippen LogP contribution in [0.1, 0.15) is 30.9 Å². The normalized spacial score (nSPS) is 13.3. The first kappa shape index (κ1) is 14.6. The molecule has 1 atom stereocenters. The molecule has 3 nitrogen and oxygen atoms in total. The van der Waals surface area contributed by atoms with Crippen LogP contribution >= 0.6 is 0 Å². The lowest BCUT2D eigenvalue weighted by atomic mass is 10.00. The Labute approximate surface area is 111 Å². The first-order chi connectivity index (χ1) is 8.54. The van der Waals surface area contributed by atoms with E-state index in [9.17, 15) is 0 Å². The molecule has 0 saturated carbocycles. The van der Waals surface area contributed by atoms with Gasteiger partial charge in [-0.2, -0.15) is 0 Å². The highest BCUT2D eigenvalue weighted by Gasteiger charge is 2.06. The molecule has 1 unspecified atom stereocenters. The summed E-state index contributed by atoms with van der Waals surface area (Å²) in [4.78, 5) is 6.67. The summed E-state index contributed by atoms with van der Waals surface area (Å²) in [6.07, 6.45) is 0. The molecule has 0 aliphatic carbocycles. The van der Waals surface area contributed by atoms with E-state index in [1.165, 1.54) is 11.1 Å². The second-order valence-electron chi connectivity index (χ2n) is 4.90. The number of nitrogens with one attached hydrogen (secondary N) is 1. The molecule has 0 fully saturated rings. The lowest BCUT2D eigenvalue weighted by Crippen LogP contribution is -2.36. The summed E-state index contributed by atoms with van der Waals surface area (Å²) in [5, 5.41) is 3.28. The van der Waals surface area contributed by atoms with E-state index < -0.39 is 0 Å². The smallest absolute Gasteiger partial charge is 0.193 e. The van der Waals surface area contributed by atoms with E-state index in [0.29, 0.717) is 5.92 Å². The Morgan fingerprint density at radius 3 is 2.67 bits per heavy atom. The highest BCUT2D eigenvalue weighted by molar-refractivity contribution is 5.79. The van der Waals surface area contributed by atoms with Crippen molar-refractivity contribution in [2.75, 3.05) is 27.2 Å². The van der Waals surface area contributed by atoms with Gasteiger partial charge in [-0.25, -0.2) is 0 Å². The van der Waals surface area contributed by atoms with E-state index in [1.807, 2.05) is 19.0 Å². The summed E-state index contributed by atoms with van der Waals surface area (Å²) in [7, 11) is 4.03. The predicted octanol–water partition coefficient (Wildman–Crippen LogP) is 2.63. The Balaban J connectivity index is 2.69. The zero-order valence-electron chi connectivity index (χ0n) is 12.2. The van der Waals surface area contributed by atoms with Crippen LogP contribution in [0.25, 0.3) is 0 Å². The number of nitrogens with zero attached hydrogens (tertiary/aromatic N) is 2. The maximum absolute atomic E-state index is 4.65. The van der Waals surface area contributed by atoms with Gasteiger partial charge in [0.1, 0.15) is 0 Å². The van der Waals surface area contributed by atoms with Gasteiger partial charge in [0.15, 0.2) is 5.96 Å². The van der Waals surface area contributed by atoms with Crippen LogP contribution in [0, 0.1) is 6.92 Å². The molecule has 0 heterocycles. The highest BCUT2D eigenvalue weighted by Crippen LogP contribution is 2.16. The van der Waals surface area contributed by atoms with Gasteiger partial charge in [-0.1, -0.05) is 36.8 Å². The lowest BCUT2D eigenvalue weighted by molar-refractivity contribution is 0.580. The number of benzene rings is 1. The van der Waals surface area contributed by atoms with E-state index >= 15 is 0 Å². The minimum Gasteiger partial charge on any atom is -0.357 e. The average molecular weight is 247 g/mol. The molecule has 0 aliphatic heterocycles. The van der Waals surface area contributed by atoms with Crippen molar-refractivity contribution < 1.29 is 0 Å². The second-order valence-corrected chi connectivity index (χ2v) is 4.90. The molecular weight excluding hydrogens is 222 g/mol. The van der Waals surface area contributed by atoms with E-state index in [0.717, 1.165) is 19.0 Å². The van der Waals surface area contributed by atoms with Gasteiger partial charge in [-0.3, -0.25) is 4.99 Å². The Morgan fingerprint density at radius 1 is 1.39 bits per heavy atom. The topological polar surface area (TPSA) is 27.6 Å². The molecule has 0 aromatic heterocycles. The summed E-state index contributed by atoms with van der Waals surface area (Å²) in [5.74, 6) is 1.40. The third kappa shape index (κ3) is 4.40. The van der Waals surface area contributed by atoms with Crippen LogP contribution in [0.5, 0.6) is 0 Å². The molecule has 0 radical (unpaired) electrons. The second kappa shape index (κ2) is 7.04. The van der Waals surface area contributed by atoms with Crippen LogP contribution < -0.4 is 5.32 Å². The maximum Gasteiger partial charge on any atom is 0.193 e. The van der Waals surface area contributed by atoms with E-state index in [4.69, 9.17) is 0 Å². The zero-order chi connectivity index (χ0) is 13.5. The van der Waals surface area contributed by atoms with Crippen molar-refractivity contribution >= 4 is 5.96 Å². The quantitative estimate of drug-likeness (QED) is 0.654. The number of aryl methyl sites for hydroxylation is 1. The van der Waals surface area contributed by atoms with Crippen LogP contribution in [-0.2, 0) is 0 Å². The summed E-state index contributed by atoms with van der Waals surface area (Å²) in [5.41, 5.74) is 2.66. The molecule has 0 bridgehead atoms. The number of rotatable bonds is 4. The fourth-order valence-electron chi connectivity index (χ4n) is 1.82. The maximum atomic E-state index is 4.65. The van der Waals surface area contributed by atoms with Gasteiger partial charge in [0, 0.05) is 33.1 Å². The van der Waals surface area contributed by atoms with E-state index in [2.05, 4.69) is 55.3 Å². The van der Waals surface area contributed by atoms with Crippen LogP contribution in [0.3, 0.4) is 0 Å². The Bertz CT molecular complexity index is 396. The fourth-order valence-corrected chi connectivity index (χ4v) is 1.82. The fraction of sp³-hybridized carbons (Fsp3) is 0.533. The minimum atomic E-state index is 0.443. The summed E-state index contributed by atoms with van der Waals surface area (Å²) >= 11 is 0. The first-order valence-corrected chi connectivity index (χ1v) is 6.56. The average Bonchev–Trinajstić information content (AvgIpc) is 2.33. The Morgan fingerprint density at radius 2 is 2.11 bits per heavy atom. The van der Waals surface area contributed by atoms with Crippen LogP contribution in [0.15, 0.2) is 29.3 Å². The van der Waals surface area contributed by atoms with Crippen molar-refractivity contribution in [2.24, 2.45) is 4.99 Å². The van der Waals surface area contributed by atoms with Gasteiger partial charge < -0.3 is 10.2 Å². The first-order valence-electron chi connectivity index (χ1n) is 6.56. The summed E-state index contributed by atoms with van der Waals surface area (Å²) in [6, 6.07) is 8.66. The third-order valence-corrected chi connectivity index (χ3v) is 2.88. The standard InChI is InChI=1S/C15H25N3/c1-6-16-15(18(4)5)17-11-13(3)14-9-7-8-12(2)10-14/h7-10,13H,6,11H2,1-5H3,(H,16,17). The molecule has 0 aliphatic rings. The molecule has 18 heavy (non-hydrogen) atoms.